The number of anilines is 1. The minimum Gasteiger partial charge on any atom is -0.409 e. The molecule has 0 saturated heterocycles. The Kier molecular flexibility index (Phi) is 3.64. The van der Waals surface area contributed by atoms with E-state index in [0.29, 0.717) is 17.4 Å². The standard InChI is InChI=1S/C12H19N5O/c1-8(2)17(7-9-3-4-9)12-10(11(13)16-18)5-6-14-15-12/h5-6,8-9,18H,3-4,7H2,1-2H3,(H2,13,16). The van der Waals surface area contributed by atoms with Crippen LogP contribution in [0, 0.1) is 5.92 Å². The van der Waals surface area contributed by atoms with Crippen molar-refractivity contribution in [2.45, 2.75) is 32.7 Å². The Morgan fingerprint density at radius 3 is 2.89 bits per heavy atom. The SMILES string of the molecule is CC(C)N(CC1CC1)c1nnccc1/C(N)=N/O. The van der Waals surface area contributed by atoms with E-state index in [2.05, 4.69) is 34.1 Å². The molecule has 1 heterocycles. The molecular formula is C12H19N5O. The molecule has 0 spiro atoms. The first-order valence-electron chi connectivity index (χ1n) is 6.19. The van der Waals surface area contributed by atoms with Crippen molar-refractivity contribution in [1.29, 1.82) is 0 Å². The normalized spacial score (nSPS) is 16.1. The molecule has 1 fully saturated rings. The van der Waals surface area contributed by atoms with Gasteiger partial charge >= 0.3 is 0 Å². The maximum atomic E-state index is 8.82. The molecule has 3 N–H and O–H groups in total. The molecular weight excluding hydrogens is 230 g/mol. The fourth-order valence-corrected chi connectivity index (χ4v) is 1.91. The van der Waals surface area contributed by atoms with E-state index < -0.39 is 0 Å². The van der Waals surface area contributed by atoms with Gasteiger partial charge in [-0.05, 0) is 38.7 Å². The smallest absolute Gasteiger partial charge is 0.173 e. The number of amidine groups is 1. The molecule has 0 amide bonds. The van der Waals surface area contributed by atoms with Crippen LogP contribution in [0.1, 0.15) is 32.3 Å². The van der Waals surface area contributed by atoms with E-state index in [1.807, 2.05) is 0 Å². The highest BCUT2D eigenvalue weighted by molar-refractivity contribution is 6.01. The molecule has 2 rings (SSSR count). The molecule has 0 aromatic carbocycles. The first kappa shape index (κ1) is 12.6. The molecule has 1 aromatic rings. The van der Waals surface area contributed by atoms with Gasteiger partial charge in [0.2, 0.25) is 0 Å². The highest BCUT2D eigenvalue weighted by Gasteiger charge is 2.28. The number of oxime groups is 1. The van der Waals surface area contributed by atoms with E-state index in [1.165, 1.54) is 12.8 Å². The van der Waals surface area contributed by atoms with Gasteiger partial charge in [0, 0.05) is 12.6 Å². The molecule has 18 heavy (non-hydrogen) atoms. The summed E-state index contributed by atoms with van der Waals surface area (Å²) in [6, 6.07) is 2.02. The zero-order valence-corrected chi connectivity index (χ0v) is 10.7. The third-order valence-electron chi connectivity index (χ3n) is 3.13. The molecule has 6 heteroatoms. The predicted molar refractivity (Wildman–Crippen MR) is 69.7 cm³/mol. The van der Waals surface area contributed by atoms with Crippen molar-refractivity contribution in [2.75, 3.05) is 11.4 Å². The van der Waals surface area contributed by atoms with Crippen molar-refractivity contribution in [2.24, 2.45) is 16.8 Å². The fraction of sp³-hybridized carbons (Fsp3) is 0.583. The van der Waals surface area contributed by atoms with Crippen molar-refractivity contribution in [1.82, 2.24) is 10.2 Å². The van der Waals surface area contributed by atoms with E-state index in [1.54, 1.807) is 12.3 Å². The lowest BCUT2D eigenvalue weighted by Gasteiger charge is -2.28. The Bertz CT molecular complexity index is 442. The summed E-state index contributed by atoms with van der Waals surface area (Å²) in [5.41, 5.74) is 6.31. The van der Waals surface area contributed by atoms with E-state index in [-0.39, 0.29) is 5.84 Å². The Labute approximate surface area is 106 Å². The van der Waals surface area contributed by atoms with Crippen LogP contribution in [0.2, 0.25) is 0 Å². The Hall–Kier alpha value is -1.85. The molecule has 0 aliphatic heterocycles. The number of nitrogens with two attached hydrogens (primary N) is 1. The Balaban J connectivity index is 2.33. The third kappa shape index (κ3) is 2.69. The maximum absolute atomic E-state index is 8.82. The molecule has 0 radical (unpaired) electrons. The van der Waals surface area contributed by atoms with Crippen molar-refractivity contribution in [3.8, 4) is 0 Å². The van der Waals surface area contributed by atoms with Gasteiger partial charge in [0.25, 0.3) is 0 Å². The molecule has 1 saturated carbocycles. The van der Waals surface area contributed by atoms with Gasteiger partial charge in [-0.25, -0.2) is 0 Å². The fourth-order valence-electron chi connectivity index (χ4n) is 1.91. The number of rotatable bonds is 5. The summed E-state index contributed by atoms with van der Waals surface area (Å²) in [7, 11) is 0. The number of aromatic nitrogens is 2. The molecule has 0 unspecified atom stereocenters. The van der Waals surface area contributed by atoms with Gasteiger partial charge in [-0.2, -0.15) is 5.10 Å². The van der Waals surface area contributed by atoms with Gasteiger partial charge in [-0.3, -0.25) is 0 Å². The summed E-state index contributed by atoms with van der Waals surface area (Å²) in [5, 5.41) is 19.9. The molecule has 1 aliphatic carbocycles. The van der Waals surface area contributed by atoms with Crippen LogP contribution in [0.4, 0.5) is 5.82 Å². The lowest BCUT2D eigenvalue weighted by Crippen LogP contribution is -2.35. The van der Waals surface area contributed by atoms with E-state index in [4.69, 9.17) is 10.9 Å². The zero-order chi connectivity index (χ0) is 13.1. The van der Waals surface area contributed by atoms with Crippen LogP contribution in [0.5, 0.6) is 0 Å². The van der Waals surface area contributed by atoms with Crippen LogP contribution in [-0.4, -0.2) is 33.8 Å². The summed E-state index contributed by atoms with van der Waals surface area (Å²) in [6.45, 7) is 5.16. The number of hydrogen-bond donors (Lipinski definition) is 2. The van der Waals surface area contributed by atoms with E-state index in [0.717, 1.165) is 12.5 Å². The third-order valence-corrected chi connectivity index (χ3v) is 3.13. The monoisotopic (exact) mass is 249 g/mol. The summed E-state index contributed by atoms with van der Waals surface area (Å²) in [4.78, 5) is 2.16. The van der Waals surface area contributed by atoms with Gasteiger partial charge in [0.05, 0.1) is 11.8 Å². The first-order chi connectivity index (χ1) is 8.63. The zero-order valence-electron chi connectivity index (χ0n) is 10.7. The molecule has 1 aromatic heterocycles. The average Bonchev–Trinajstić information content (AvgIpc) is 3.18. The molecule has 98 valence electrons. The topological polar surface area (TPSA) is 87.6 Å². The second-order valence-corrected chi connectivity index (χ2v) is 4.94. The van der Waals surface area contributed by atoms with E-state index in [9.17, 15) is 0 Å². The van der Waals surface area contributed by atoms with Crippen LogP contribution in [-0.2, 0) is 0 Å². The summed E-state index contributed by atoms with van der Waals surface area (Å²) < 4.78 is 0. The second kappa shape index (κ2) is 5.20. The quantitative estimate of drug-likeness (QED) is 0.354. The van der Waals surface area contributed by atoms with Crippen LogP contribution < -0.4 is 10.6 Å². The van der Waals surface area contributed by atoms with Crippen LogP contribution in [0.15, 0.2) is 17.4 Å². The van der Waals surface area contributed by atoms with Crippen LogP contribution in [0.3, 0.4) is 0 Å². The molecule has 1 aliphatic rings. The molecule has 0 atom stereocenters. The van der Waals surface area contributed by atoms with Crippen molar-refractivity contribution in [3.05, 3.63) is 17.8 Å². The summed E-state index contributed by atoms with van der Waals surface area (Å²) >= 11 is 0. The first-order valence-corrected chi connectivity index (χ1v) is 6.19. The van der Waals surface area contributed by atoms with Crippen LogP contribution >= 0.6 is 0 Å². The second-order valence-electron chi connectivity index (χ2n) is 4.94. The van der Waals surface area contributed by atoms with Crippen molar-refractivity contribution >= 4 is 11.7 Å². The largest absolute Gasteiger partial charge is 0.409 e. The summed E-state index contributed by atoms with van der Waals surface area (Å²) in [6.07, 6.45) is 4.08. The Morgan fingerprint density at radius 1 is 1.61 bits per heavy atom. The lowest BCUT2D eigenvalue weighted by atomic mass is 10.2. The predicted octanol–water partition coefficient (Wildman–Crippen LogP) is 1.20. The van der Waals surface area contributed by atoms with Gasteiger partial charge in [0.15, 0.2) is 11.7 Å². The van der Waals surface area contributed by atoms with Crippen molar-refractivity contribution in [3.63, 3.8) is 0 Å². The maximum Gasteiger partial charge on any atom is 0.173 e. The van der Waals surface area contributed by atoms with Gasteiger partial charge in [-0.15, -0.1) is 5.10 Å². The van der Waals surface area contributed by atoms with Gasteiger partial charge in [0.1, 0.15) is 0 Å². The highest BCUT2D eigenvalue weighted by Crippen LogP contribution is 2.32. The lowest BCUT2D eigenvalue weighted by molar-refractivity contribution is 0.318. The molecule has 0 bridgehead atoms. The minimum absolute atomic E-state index is 0.0707. The van der Waals surface area contributed by atoms with Crippen molar-refractivity contribution < 1.29 is 5.21 Å². The van der Waals surface area contributed by atoms with Gasteiger partial charge in [-0.1, -0.05) is 5.16 Å². The number of nitrogens with zero attached hydrogens (tertiary/aromatic N) is 4. The van der Waals surface area contributed by atoms with E-state index >= 15 is 0 Å². The minimum atomic E-state index is 0.0707. The number of hydrogen-bond acceptors (Lipinski definition) is 5. The summed E-state index contributed by atoms with van der Waals surface area (Å²) in [5.74, 6) is 1.49. The average molecular weight is 249 g/mol. The molecule has 6 nitrogen and oxygen atoms in total. The Morgan fingerprint density at radius 2 is 2.33 bits per heavy atom. The highest BCUT2D eigenvalue weighted by atomic mass is 16.4. The van der Waals surface area contributed by atoms with Crippen LogP contribution in [0.25, 0.3) is 0 Å². The van der Waals surface area contributed by atoms with Gasteiger partial charge < -0.3 is 15.8 Å².